The lowest BCUT2D eigenvalue weighted by atomic mass is 10.1. The molecule has 0 bridgehead atoms. The molecule has 2 aliphatic rings. The monoisotopic (exact) mass is 272 g/mol. The van der Waals surface area contributed by atoms with Crippen molar-refractivity contribution in [3.05, 3.63) is 35.4 Å². The van der Waals surface area contributed by atoms with Gasteiger partial charge in [0.1, 0.15) is 0 Å². The van der Waals surface area contributed by atoms with Crippen LogP contribution in [0.2, 0.25) is 0 Å². The zero-order valence-electron chi connectivity index (χ0n) is 12.2. The molecule has 1 atom stereocenters. The van der Waals surface area contributed by atoms with Crippen LogP contribution >= 0.6 is 0 Å². The molecule has 0 radical (unpaired) electrons. The van der Waals surface area contributed by atoms with Gasteiger partial charge in [-0.3, -0.25) is 4.79 Å². The maximum atomic E-state index is 12.5. The minimum Gasteiger partial charge on any atom is -0.335 e. The number of rotatable bonds is 6. The Morgan fingerprint density at radius 3 is 2.70 bits per heavy atom. The summed E-state index contributed by atoms with van der Waals surface area (Å²) in [5, 5.41) is 0. The third-order valence-electron chi connectivity index (χ3n) is 4.38. The van der Waals surface area contributed by atoms with Crippen molar-refractivity contribution in [1.29, 1.82) is 0 Å². The van der Waals surface area contributed by atoms with E-state index in [9.17, 15) is 4.79 Å². The predicted molar refractivity (Wildman–Crippen MR) is 80.1 cm³/mol. The van der Waals surface area contributed by atoms with Gasteiger partial charge in [-0.2, -0.15) is 0 Å². The molecule has 3 heteroatoms. The zero-order chi connectivity index (χ0) is 14.1. The van der Waals surface area contributed by atoms with Crippen molar-refractivity contribution in [2.24, 2.45) is 11.7 Å². The second kappa shape index (κ2) is 5.57. The molecule has 2 saturated carbocycles. The number of carbonyl (C=O) groups is 1. The Bertz CT molecular complexity index is 492. The number of hydrogen-bond donors (Lipinski definition) is 1. The van der Waals surface area contributed by atoms with Gasteiger partial charge < -0.3 is 10.6 Å². The first-order valence-corrected chi connectivity index (χ1v) is 7.74. The van der Waals surface area contributed by atoms with Gasteiger partial charge in [-0.05, 0) is 44.1 Å². The molecule has 0 aromatic heterocycles. The van der Waals surface area contributed by atoms with E-state index in [0.29, 0.717) is 18.4 Å². The van der Waals surface area contributed by atoms with Crippen molar-refractivity contribution in [3.8, 4) is 0 Å². The summed E-state index contributed by atoms with van der Waals surface area (Å²) in [5.74, 6) is 0.840. The largest absolute Gasteiger partial charge is 0.335 e. The van der Waals surface area contributed by atoms with Crippen LogP contribution in [0.5, 0.6) is 0 Å². The molecule has 1 aromatic carbocycles. The van der Waals surface area contributed by atoms with E-state index >= 15 is 0 Å². The van der Waals surface area contributed by atoms with E-state index in [-0.39, 0.29) is 11.9 Å². The maximum Gasteiger partial charge on any atom is 0.224 e. The van der Waals surface area contributed by atoms with Gasteiger partial charge in [-0.25, -0.2) is 0 Å². The van der Waals surface area contributed by atoms with Crippen LogP contribution in [0, 0.1) is 12.8 Å². The van der Waals surface area contributed by atoms with Crippen LogP contribution in [0.15, 0.2) is 24.3 Å². The van der Waals surface area contributed by atoms with Gasteiger partial charge in [0.05, 0.1) is 0 Å². The van der Waals surface area contributed by atoms with E-state index in [1.165, 1.54) is 24.0 Å². The summed E-state index contributed by atoms with van der Waals surface area (Å²) in [5.41, 5.74) is 8.59. The average Bonchev–Trinajstić information content (AvgIpc) is 3.29. The molecule has 2 aliphatic carbocycles. The van der Waals surface area contributed by atoms with Gasteiger partial charge in [-0.15, -0.1) is 0 Å². The summed E-state index contributed by atoms with van der Waals surface area (Å²) in [6.07, 6.45) is 5.23. The minimum atomic E-state index is 0.0706. The second-order valence-electron chi connectivity index (χ2n) is 6.45. The SMILES string of the molecule is Cc1cccc(CN(C(=O)CC(N)C2CC2)C2CC2)c1. The highest BCUT2D eigenvalue weighted by Crippen LogP contribution is 2.34. The normalized spacial score (nSPS) is 19.7. The Labute approximate surface area is 121 Å². The predicted octanol–water partition coefficient (Wildman–Crippen LogP) is 2.61. The number of hydrogen-bond acceptors (Lipinski definition) is 2. The fourth-order valence-electron chi connectivity index (χ4n) is 2.82. The third kappa shape index (κ3) is 3.40. The van der Waals surface area contributed by atoms with Crippen molar-refractivity contribution < 1.29 is 4.79 Å². The molecule has 1 amide bonds. The molecule has 0 spiro atoms. The lowest BCUT2D eigenvalue weighted by Crippen LogP contribution is -2.37. The number of nitrogens with two attached hydrogens (primary N) is 1. The number of aryl methyl sites for hydroxylation is 1. The Kier molecular flexibility index (Phi) is 3.79. The van der Waals surface area contributed by atoms with Gasteiger partial charge in [0.15, 0.2) is 0 Å². The highest BCUT2D eigenvalue weighted by molar-refractivity contribution is 5.77. The highest BCUT2D eigenvalue weighted by atomic mass is 16.2. The molecule has 108 valence electrons. The van der Waals surface area contributed by atoms with E-state index in [1.807, 2.05) is 0 Å². The highest BCUT2D eigenvalue weighted by Gasteiger charge is 2.35. The quantitative estimate of drug-likeness (QED) is 0.865. The van der Waals surface area contributed by atoms with Gasteiger partial charge in [-0.1, -0.05) is 29.8 Å². The summed E-state index contributed by atoms with van der Waals surface area (Å²) in [6, 6.07) is 8.96. The fourth-order valence-corrected chi connectivity index (χ4v) is 2.82. The van der Waals surface area contributed by atoms with Crippen molar-refractivity contribution in [2.75, 3.05) is 0 Å². The fraction of sp³-hybridized carbons (Fsp3) is 0.588. The smallest absolute Gasteiger partial charge is 0.224 e. The summed E-state index contributed by atoms with van der Waals surface area (Å²) >= 11 is 0. The first kappa shape index (κ1) is 13.6. The molecule has 3 nitrogen and oxygen atoms in total. The first-order valence-electron chi connectivity index (χ1n) is 7.74. The van der Waals surface area contributed by atoms with Crippen LogP contribution in [0.1, 0.15) is 43.2 Å². The lowest BCUT2D eigenvalue weighted by Gasteiger charge is -2.24. The second-order valence-corrected chi connectivity index (χ2v) is 6.45. The first-order chi connectivity index (χ1) is 9.63. The van der Waals surface area contributed by atoms with Crippen LogP contribution < -0.4 is 5.73 Å². The summed E-state index contributed by atoms with van der Waals surface area (Å²) in [4.78, 5) is 14.6. The molecular formula is C17H24N2O. The standard InChI is InChI=1S/C17H24N2O/c1-12-3-2-4-13(9-12)11-19(15-7-8-15)17(20)10-16(18)14-5-6-14/h2-4,9,14-16H,5-8,10-11,18H2,1H3. The van der Waals surface area contributed by atoms with E-state index in [0.717, 1.165) is 19.4 Å². The van der Waals surface area contributed by atoms with Gasteiger partial charge in [0, 0.05) is 25.0 Å². The molecule has 2 fully saturated rings. The van der Waals surface area contributed by atoms with Gasteiger partial charge >= 0.3 is 0 Å². The van der Waals surface area contributed by atoms with E-state index in [2.05, 4.69) is 36.1 Å². The topological polar surface area (TPSA) is 46.3 Å². The van der Waals surface area contributed by atoms with Crippen LogP contribution in [-0.2, 0) is 11.3 Å². The van der Waals surface area contributed by atoms with Crippen molar-refractivity contribution in [2.45, 2.75) is 57.7 Å². The molecule has 0 heterocycles. The maximum absolute atomic E-state index is 12.5. The third-order valence-corrected chi connectivity index (χ3v) is 4.38. The number of benzene rings is 1. The summed E-state index contributed by atoms with van der Waals surface area (Å²) in [7, 11) is 0. The molecule has 0 saturated heterocycles. The number of nitrogens with zero attached hydrogens (tertiary/aromatic N) is 1. The summed E-state index contributed by atoms with van der Waals surface area (Å²) < 4.78 is 0. The number of amides is 1. The number of carbonyl (C=O) groups excluding carboxylic acids is 1. The lowest BCUT2D eigenvalue weighted by molar-refractivity contribution is -0.132. The molecule has 1 unspecified atom stereocenters. The molecule has 2 N–H and O–H groups in total. The van der Waals surface area contributed by atoms with Gasteiger partial charge in [0.25, 0.3) is 0 Å². The molecule has 20 heavy (non-hydrogen) atoms. The minimum absolute atomic E-state index is 0.0706. The van der Waals surface area contributed by atoms with Crippen molar-refractivity contribution in [1.82, 2.24) is 4.90 Å². The van der Waals surface area contributed by atoms with Gasteiger partial charge in [0.2, 0.25) is 5.91 Å². The van der Waals surface area contributed by atoms with E-state index in [1.54, 1.807) is 0 Å². The van der Waals surface area contributed by atoms with E-state index < -0.39 is 0 Å². The molecule has 1 aromatic rings. The van der Waals surface area contributed by atoms with Crippen LogP contribution in [0.4, 0.5) is 0 Å². The Hall–Kier alpha value is -1.35. The molecular weight excluding hydrogens is 248 g/mol. The zero-order valence-corrected chi connectivity index (χ0v) is 12.2. The Morgan fingerprint density at radius 2 is 2.10 bits per heavy atom. The average molecular weight is 272 g/mol. The van der Waals surface area contributed by atoms with Crippen LogP contribution in [0.3, 0.4) is 0 Å². The van der Waals surface area contributed by atoms with Crippen molar-refractivity contribution in [3.63, 3.8) is 0 Å². The molecule has 3 rings (SSSR count). The Morgan fingerprint density at radius 1 is 1.35 bits per heavy atom. The summed E-state index contributed by atoms with van der Waals surface area (Å²) in [6.45, 7) is 2.83. The molecule has 0 aliphatic heterocycles. The van der Waals surface area contributed by atoms with Crippen molar-refractivity contribution >= 4 is 5.91 Å². The van der Waals surface area contributed by atoms with Crippen LogP contribution in [0.25, 0.3) is 0 Å². The van der Waals surface area contributed by atoms with Crippen LogP contribution in [-0.4, -0.2) is 22.9 Å². The van der Waals surface area contributed by atoms with E-state index in [4.69, 9.17) is 5.73 Å². The Balaban J connectivity index is 1.64.